The Morgan fingerprint density at radius 1 is 1.12 bits per heavy atom. The van der Waals surface area contributed by atoms with Crippen molar-refractivity contribution in [2.75, 3.05) is 13.9 Å². The van der Waals surface area contributed by atoms with E-state index in [2.05, 4.69) is 5.32 Å². The van der Waals surface area contributed by atoms with Gasteiger partial charge in [0.2, 0.25) is 12.7 Å². The molecule has 0 saturated heterocycles. The molecule has 2 aromatic carbocycles. The van der Waals surface area contributed by atoms with Gasteiger partial charge >= 0.3 is 0 Å². The average Bonchev–Trinajstić information content (AvgIpc) is 3.03. The number of rotatable bonds is 5. The summed E-state index contributed by atoms with van der Waals surface area (Å²) in [5.41, 5.74) is 4.16. The number of carbonyl (C=O) groups is 1. The normalized spacial score (nSPS) is 12.1. The van der Waals surface area contributed by atoms with Gasteiger partial charge in [-0.25, -0.2) is 0 Å². The number of ether oxygens (including phenoxy) is 3. The van der Waals surface area contributed by atoms with Crippen LogP contribution in [0.25, 0.3) is 0 Å². The van der Waals surface area contributed by atoms with Crippen LogP contribution in [0.1, 0.15) is 22.3 Å². The molecule has 1 aliphatic heterocycles. The summed E-state index contributed by atoms with van der Waals surface area (Å²) in [6.07, 6.45) is 0.287. The zero-order valence-electron chi connectivity index (χ0n) is 14.1. The van der Waals surface area contributed by atoms with Crippen molar-refractivity contribution in [3.63, 3.8) is 0 Å². The highest BCUT2D eigenvalue weighted by molar-refractivity contribution is 5.79. The number of aryl methyl sites for hydroxylation is 2. The van der Waals surface area contributed by atoms with Gasteiger partial charge in [-0.1, -0.05) is 12.1 Å². The fraction of sp³-hybridized carbons (Fsp3) is 0.316. The molecule has 0 fully saturated rings. The molecule has 5 heteroatoms. The molecular formula is C19H21NO4. The van der Waals surface area contributed by atoms with E-state index in [9.17, 15) is 4.79 Å². The van der Waals surface area contributed by atoms with E-state index in [4.69, 9.17) is 14.2 Å². The van der Waals surface area contributed by atoms with E-state index in [1.807, 2.05) is 44.2 Å². The first-order valence-electron chi connectivity index (χ1n) is 7.86. The number of fused-ring (bicyclic) bond motifs is 1. The van der Waals surface area contributed by atoms with Crippen LogP contribution in [0.5, 0.6) is 17.2 Å². The van der Waals surface area contributed by atoms with Gasteiger partial charge in [-0.15, -0.1) is 0 Å². The SMILES string of the molecule is COc1cc(C)c(C)cc1CC(=O)NCc1ccc2c(c1)OCO2. The highest BCUT2D eigenvalue weighted by Crippen LogP contribution is 2.32. The highest BCUT2D eigenvalue weighted by atomic mass is 16.7. The monoisotopic (exact) mass is 327 g/mol. The van der Waals surface area contributed by atoms with Crippen molar-refractivity contribution in [3.05, 3.63) is 52.6 Å². The molecular weight excluding hydrogens is 306 g/mol. The molecule has 0 radical (unpaired) electrons. The Bertz CT molecular complexity index is 770. The smallest absolute Gasteiger partial charge is 0.231 e. The minimum Gasteiger partial charge on any atom is -0.496 e. The summed E-state index contributed by atoms with van der Waals surface area (Å²) in [4.78, 5) is 12.3. The standard InChI is InChI=1S/C19H21NO4/c1-12-6-15(17(22-3)7-13(12)2)9-19(21)20-10-14-4-5-16-18(8-14)24-11-23-16/h4-8H,9-11H2,1-3H3,(H,20,21). The predicted octanol–water partition coefficient (Wildman–Crippen LogP) is 2.90. The maximum Gasteiger partial charge on any atom is 0.231 e. The Labute approximate surface area is 141 Å². The van der Waals surface area contributed by atoms with Gasteiger partial charge in [-0.3, -0.25) is 4.79 Å². The van der Waals surface area contributed by atoms with Crippen LogP contribution < -0.4 is 19.5 Å². The van der Waals surface area contributed by atoms with E-state index < -0.39 is 0 Å². The van der Waals surface area contributed by atoms with E-state index in [0.717, 1.165) is 39.5 Å². The molecule has 3 rings (SSSR count). The van der Waals surface area contributed by atoms with Crippen molar-refractivity contribution < 1.29 is 19.0 Å². The lowest BCUT2D eigenvalue weighted by molar-refractivity contribution is -0.120. The van der Waals surface area contributed by atoms with Crippen molar-refractivity contribution in [3.8, 4) is 17.2 Å². The molecule has 2 aromatic rings. The lowest BCUT2D eigenvalue weighted by Crippen LogP contribution is -2.24. The van der Waals surface area contributed by atoms with Gasteiger partial charge in [0.05, 0.1) is 13.5 Å². The molecule has 126 valence electrons. The summed E-state index contributed by atoms with van der Waals surface area (Å²) in [5, 5.41) is 2.93. The Morgan fingerprint density at radius 3 is 2.67 bits per heavy atom. The topological polar surface area (TPSA) is 56.8 Å². The summed E-state index contributed by atoms with van der Waals surface area (Å²) < 4.78 is 16.0. The Hall–Kier alpha value is -2.69. The van der Waals surface area contributed by atoms with Crippen LogP contribution in [0.4, 0.5) is 0 Å². The van der Waals surface area contributed by atoms with Crippen molar-refractivity contribution in [2.45, 2.75) is 26.8 Å². The molecule has 0 aliphatic carbocycles. The number of benzene rings is 2. The van der Waals surface area contributed by atoms with Crippen LogP contribution in [0, 0.1) is 13.8 Å². The third-order valence-electron chi connectivity index (χ3n) is 4.17. The van der Waals surface area contributed by atoms with Gasteiger partial charge in [0.1, 0.15) is 5.75 Å². The molecule has 1 amide bonds. The molecule has 5 nitrogen and oxygen atoms in total. The number of carbonyl (C=O) groups excluding carboxylic acids is 1. The highest BCUT2D eigenvalue weighted by Gasteiger charge is 2.14. The maximum absolute atomic E-state index is 12.3. The Kier molecular flexibility index (Phi) is 4.60. The Morgan fingerprint density at radius 2 is 1.88 bits per heavy atom. The van der Waals surface area contributed by atoms with Crippen molar-refractivity contribution in [1.82, 2.24) is 5.32 Å². The van der Waals surface area contributed by atoms with Crippen molar-refractivity contribution in [2.24, 2.45) is 0 Å². The summed E-state index contributed by atoms with van der Waals surface area (Å²) in [5.74, 6) is 2.16. The lowest BCUT2D eigenvalue weighted by Gasteiger charge is -2.12. The van der Waals surface area contributed by atoms with E-state index in [1.54, 1.807) is 7.11 Å². The first kappa shape index (κ1) is 16.2. The summed E-state index contributed by atoms with van der Waals surface area (Å²) in [7, 11) is 1.62. The van der Waals surface area contributed by atoms with Crippen LogP contribution in [-0.4, -0.2) is 19.8 Å². The van der Waals surface area contributed by atoms with E-state index in [1.165, 1.54) is 0 Å². The second kappa shape index (κ2) is 6.83. The lowest BCUT2D eigenvalue weighted by atomic mass is 10.0. The van der Waals surface area contributed by atoms with Crippen LogP contribution in [-0.2, 0) is 17.8 Å². The quantitative estimate of drug-likeness (QED) is 0.917. The van der Waals surface area contributed by atoms with Crippen molar-refractivity contribution >= 4 is 5.91 Å². The number of hydrogen-bond donors (Lipinski definition) is 1. The average molecular weight is 327 g/mol. The minimum atomic E-state index is -0.0470. The van der Waals surface area contributed by atoms with Gasteiger partial charge in [-0.05, 0) is 48.7 Å². The van der Waals surface area contributed by atoms with Gasteiger partial charge in [0, 0.05) is 12.1 Å². The molecule has 0 bridgehead atoms. The number of amides is 1. The first-order chi connectivity index (χ1) is 11.6. The van der Waals surface area contributed by atoms with Crippen LogP contribution >= 0.6 is 0 Å². The number of methoxy groups -OCH3 is 1. The fourth-order valence-electron chi connectivity index (χ4n) is 2.66. The largest absolute Gasteiger partial charge is 0.496 e. The van der Waals surface area contributed by atoms with E-state index in [0.29, 0.717) is 6.54 Å². The van der Waals surface area contributed by atoms with Gasteiger partial charge in [0.15, 0.2) is 11.5 Å². The molecule has 0 aromatic heterocycles. The third kappa shape index (κ3) is 3.45. The fourth-order valence-corrected chi connectivity index (χ4v) is 2.66. The van der Waals surface area contributed by atoms with Gasteiger partial charge in [0.25, 0.3) is 0 Å². The second-order valence-corrected chi connectivity index (χ2v) is 5.89. The van der Waals surface area contributed by atoms with Crippen LogP contribution in [0.3, 0.4) is 0 Å². The second-order valence-electron chi connectivity index (χ2n) is 5.89. The summed E-state index contributed by atoms with van der Waals surface area (Å²) in [6, 6.07) is 9.64. The minimum absolute atomic E-state index is 0.0470. The van der Waals surface area contributed by atoms with Crippen LogP contribution in [0.2, 0.25) is 0 Å². The third-order valence-corrected chi connectivity index (χ3v) is 4.17. The van der Waals surface area contributed by atoms with Crippen molar-refractivity contribution in [1.29, 1.82) is 0 Å². The zero-order valence-corrected chi connectivity index (χ0v) is 14.1. The first-order valence-corrected chi connectivity index (χ1v) is 7.86. The molecule has 0 atom stereocenters. The molecule has 24 heavy (non-hydrogen) atoms. The van der Waals surface area contributed by atoms with Gasteiger partial charge < -0.3 is 19.5 Å². The molecule has 0 unspecified atom stereocenters. The number of nitrogens with one attached hydrogen (secondary N) is 1. The van der Waals surface area contributed by atoms with Gasteiger partial charge in [-0.2, -0.15) is 0 Å². The molecule has 1 heterocycles. The van der Waals surface area contributed by atoms with E-state index >= 15 is 0 Å². The molecule has 1 aliphatic rings. The summed E-state index contributed by atoms with van der Waals surface area (Å²) >= 11 is 0. The number of hydrogen-bond acceptors (Lipinski definition) is 4. The molecule has 0 saturated carbocycles. The summed E-state index contributed by atoms with van der Waals surface area (Å²) in [6.45, 7) is 4.75. The zero-order chi connectivity index (χ0) is 17.1. The van der Waals surface area contributed by atoms with E-state index in [-0.39, 0.29) is 19.1 Å². The van der Waals surface area contributed by atoms with Crippen LogP contribution in [0.15, 0.2) is 30.3 Å². The molecule has 1 N–H and O–H groups in total. The Balaban J connectivity index is 1.63. The maximum atomic E-state index is 12.3. The predicted molar refractivity (Wildman–Crippen MR) is 90.6 cm³/mol. The molecule has 0 spiro atoms.